The molecule has 0 aliphatic heterocycles. The fourth-order valence-corrected chi connectivity index (χ4v) is 1.77. The summed E-state index contributed by atoms with van der Waals surface area (Å²) >= 11 is 0. The Hall–Kier alpha value is -2.08. The molecule has 0 aliphatic rings. The monoisotopic (exact) mass is 277 g/mol. The average molecular weight is 277 g/mol. The summed E-state index contributed by atoms with van der Waals surface area (Å²) in [5.41, 5.74) is 6.18. The Morgan fingerprint density at radius 1 is 1.55 bits per heavy atom. The topological polar surface area (TPSA) is 85.5 Å². The lowest BCUT2D eigenvalue weighted by Gasteiger charge is -2.23. The summed E-state index contributed by atoms with van der Waals surface area (Å²) in [6.07, 6.45) is 1.74. The molecule has 0 radical (unpaired) electrons. The number of furan rings is 1. The molecule has 6 nitrogen and oxygen atoms in total. The number of carbonyl (C=O) groups excluding carboxylic acids is 1. The Kier molecular flexibility index (Phi) is 4.24. The van der Waals surface area contributed by atoms with Crippen LogP contribution in [-0.4, -0.2) is 35.4 Å². The number of oxazole rings is 1. The van der Waals surface area contributed by atoms with Gasteiger partial charge < -0.3 is 19.5 Å². The van der Waals surface area contributed by atoms with Gasteiger partial charge in [0.2, 0.25) is 5.91 Å². The van der Waals surface area contributed by atoms with Crippen LogP contribution in [0.5, 0.6) is 0 Å². The van der Waals surface area contributed by atoms with Crippen LogP contribution in [-0.2, 0) is 11.2 Å². The second-order valence-corrected chi connectivity index (χ2v) is 4.77. The van der Waals surface area contributed by atoms with Crippen LogP contribution < -0.4 is 5.73 Å². The van der Waals surface area contributed by atoms with Crippen LogP contribution in [0.2, 0.25) is 0 Å². The van der Waals surface area contributed by atoms with Crippen molar-refractivity contribution in [2.45, 2.75) is 26.3 Å². The van der Waals surface area contributed by atoms with Crippen molar-refractivity contribution in [1.29, 1.82) is 0 Å². The summed E-state index contributed by atoms with van der Waals surface area (Å²) in [6, 6.07) is 3.52. The number of hydrogen-bond acceptors (Lipinski definition) is 5. The zero-order chi connectivity index (χ0) is 14.7. The molecule has 2 aromatic heterocycles. The molecule has 0 saturated carbocycles. The minimum Gasteiger partial charge on any atom is -0.459 e. The molecule has 0 saturated heterocycles. The fraction of sp³-hybridized carbons (Fsp3) is 0.429. The van der Waals surface area contributed by atoms with Crippen molar-refractivity contribution in [3.8, 4) is 11.7 Å². The van der Waals surface area contributed by atoms with E-state index in [2.05, 4.69) is 4.98 Å². The minimum absolute atomic E-state index is 0.000693. The standard InChI is InChI=1S/C14H19N3O3/c1-9(8-15)17(3)13(18)7-11-10(2)20-14(16-11)12-5-4-6-19-12/h4-6,9H,7-8,15H2,1-3H3. The summed E-state index contributed by atoms with van der Waals surface area (Å²) < 4.78 is 10.8. The zero-order valence-corrected chi connectivity index (χ0v) is 11.9. The summed E-state index contributed by atoms with van der Waals surface area (Å²) in [7, 11) is 1.74. The van der Waals surface area contributed by atoms with Crippen LogP contribution in [0.1, 0.15) is 18.4 Å². The van der Waals surface area contributed by atoms with E-state index in [-0.39, 0.29) is 18.4 Å². The Balaban J connectivity index is 2.12. The SMILES string of the molecule is Cc1oc(-c2ccco2)nc1CC(=O)N(C)C(C)CN. The van der Waals surface area contributed by atoms with Gasteiger partial charge in [-0.2, -0.15) is 0 Å². The maximum atomic E-state index is 12.1. The third-order valence-electron chi connectivity index (χ3n) is 3.34. The summed E-state index contributed by atoms with van der Waals surface area (Å²) in [4.78, 5) is 18.1. The van der Waals surface area contributed by atoms with Crippen molar-refractivity contribution in [2.24, 2.45) is 5.73 Å². The molecule has 0 fully saturated rings. The number of carbonyl (C=O) groups is 1. The lowest BCUT2D eigenvalue weighted by molar-refractivity contribution is -0.130. The third-order valence-corrected chi connectivity index (χ3v) is 3.34. The van der Waals surface area contributed by atoms with E-state index in [9.17, 15) is 4.79 Å². The average Bonchev–Trinajstić information content (AvgIpc) is 3.07. The first-order chi connectivity index (χ1) is 9.52. The first-order valence-corrected chi connectivity index (χ1v) is 6.48. The first kappa shape index (κ1) is 14.3. The van der Waals surface area contributed by atoms with Gasteiger partial charge in [-0.25, -0.2) is 4.98 Å². The summed E-state index contributed by atoms with van der Waals surface area (Å²) in [5.74, 6) is 1.53. The number of rotatable bonds is 5. The second-order valence-electron chi connectivity index (χ2n) is 4.77. The lowest BCUT2D eigenvalue weighted by atomic mass is 10.2. The van der Waals surface area contributed by atoms with Crippen molar-refractivity contribution in [3.63, 3.8) is 0 Å². The van der Waals surface area contributed by atoms with Crippen molar-refractivity contribution >= 4 is 5.91 Å². The normalized spacial score (nSPS) is 12.4. The van der Waals surface area contributed by atoms with E-state index in [1.54, 1.807) is 37.3 Å². The highest BCUT2D eigenvalue weighted by Gasteiger charge is 2.20. The van der Waals surface area contributed by atoms with Crippen LogP contribution in [0.15, 0.2) is 27.2 Å². The van der Waals surface area contributed by atoms with E-state index >= 15 is 0 Å². The number of likely N-dealkylation sites (N-methyl/N-ethyl adjacent to an activating group) is 1. The Labute approximate surface area is 117 Å². The van der Waals surface area contributed by atoms with Gasteiger partial charge in [-0.05, 0) is 26.0 Å². The summed E-state index contributed by atoms with van der Waals surface area (Å²) in [6.45, 7) is 4.12. The molecule has 2 aromatic rings. The van der Waals surface area contributed by atoms with Gasteiger partial charge in [0.25, 0.3) is 5.89 Å². The number of aromatic nitrogens is 1. The Morgan fingerprint density at radius 3 is 2.90 bits per heavy atom. The van der Waals surface area contributed by atoms with Crippen LogP contribution in [0.3, 0.4) is 0 Å². The predicted molar refractivity (Wildman–Crippen MR) is 73.9 cm³/mol. The van der Waals surface area contributed by atoms with E-state index < -0.39 is 0 Å². The van der Waals surface area contributed by atoms with Gasteiger partial charge in [0.05, 0.1) is 18.4 Å². The van der Waals surface area contributed by atoms with Crippen LogP contribution in [0.25, 0.3) is 11.7 Å². The quantitative estimate of drug-likeness (QED) is 0.897. The molecule has 2 rings (SSSR count). The molecule has 1 atom stereocenters. The van der Waals surface area contributed by atoms with Gasteiger partial charge in [-0.1, -0.05) is 0 Å². The Bertz CT molecular complexity index is 575. The van der Waals surface area contributed by atoms with Crippen molar-refractivity contribution in [3.05, 3.63) is 29.9 Å². The molecule has 0 bridgehead atoms. The van der Waals surface area contributed by atoms with Gasteiger partial charge in [-0.3, -0.25) is 4.79 Å². The van der Waals surface area contributed by atoms with Crippen molar-refractivity contribution < 1.29 is 13.6 Å². The predicted octanol–water partition coefficient (Wildman–Crippen LogP) is 1.59. The number of nitrogens with zero attached hydrogens (tertiary/aromatic N) is 2. The number of hydrogen-bond donors (Lipinski definition) is 1. The van der Waals surface area contributed by atoms with E-state index in [1.165, 1.54) is 0 Å². The largest absolute Gasteiger partial charge is 0.459 e. The van der Waals surface area contributed by atoms with Crippen molar-refractivity contribution in [2.75, 3.05) is 13.6 Å². The van der Waals surface area contributed by atoms with E-state index in [1.807, 2.05) is 6.92 Å². The number of amides is 1. The van der Waals surface area contributed by atoms with E-state index in [0.29, 0.717) is 29.6 Å². The van der Waals surface area contributed by atoms with E-state index in [0.717, 1.165) is 0 Å². The number of nitrogens with two attached hydrogens (primary N) is 1. The molecule has 20 heavy (non-hydrogen) atoms. The third kappa shape index (κ3) is 2.91. The minimum atomic E-state index is -0.0367. The molecule has 0 aromatic carbocycles. The molecule has 2 heterocycles. The highest BCUT2D eigenvalue weighted by Crippen LogP contribution is 2.22. The molecule has 0 spiro atoms. The molecule has 6 heteroatoms. The second kappa shape index (κ2) is 5.92. The Morgan fingerprint density at radius 2 is 2.30 bits per heavy atom. The molecule has 0 aliphatic carbocycles. The summed E-state index contributed by atoms with van der Waals surface area (Å²) in [5, 5.41) is 0. The first-order valence-electron chi connectivity index (χ1n) is 6.48. The maximum Gasteiger partial charge on any atom is 0.263 e. The maximum absolute atomic E-state index is 12.1. The van der Waals surface area contributed by atoms with Crippen LogP contribution in [0, 0.1) is 6.92 Å². The van der Waals surface area contributed by atoms with Gasteiger partial charge in [0.1, 0.15) is 5.76 Å². The fourth-order valence-electron chi connectivity index (χ4n) is 1.77. The molecular weight excluding hydrogens is 258 g/mol. The van der Waals surface area contributed by atoms with Crippen LogP contribution >= 0.6 is 0 Å². The smallest absolute Gasteiger partial charge is 0.263 e. The molecule has 1 unspecified atom stereocenters. The molecular formula is C14H19N3O3. The van der Waals surface area contributed by atoms with Crippen molar-refractivity contribution in [1.82, 2.24) is 9.88 Å². The van der Waals surface area contributed by atoms with Gasteiger partial charge in [-0.15, -0.1) is 0 Å². The molecule has 1 amide bonds. The van der Waals surface area contributed by atoms with E-state index in [4.69, 9.17) is 14.6 Å². The number of aryl methyl sites for hydroxylation is 1. The highest BCUT2D eigenvalue weighted by molar-refractivity contribution is 5.78. The molecule has 2 N–H and O–H groups in total. The highest BCUT2D eigenvalue weighted by atomic mass is 16.4. The lowest BCUT2D eigenvalue weighted by Crippen LogP contribution is -2.40. The van der Waals surface area contributed by atoms with Crippen LogP contribution in [0.4, 0.5) is 0 Å². The van der Waals surface area contributed by atoms with Gasteiger partial charge in [0, 0.05) is 19.6 Å². The zero-order valence-electron chi connectivity index (χ0n) is 11.9. The molecule has 108 valence electrons. The van der Waals surface area contributed by atoms with Gasteiger partial charge >= 0.3 is 0 Å². The van der Waals surface area contributed by atoms with Gasteiger partial charge in [0.15, 0.2) is 5.76 Å².